The minimum atomic E-state index is -1.13. The van der Waals surface area contributed by atoms with E-state index < -0.39 is 30.4 Å². The summed E-state index contributed by atoms with van der Waals surface area (Å²) in [7, 11) is 0. The first-order valence-corrected chi connectivity index (χ1v) is 9.67. The standard InChI is InChI=1S/C20H14BrClN2O6/c1-10-14(22)3-2-4-15(10)24-19(28)12(18(27)23-20(24)29)7-11-5-6-16(13(21)8-11)30-9-17(25)26/h2-8H,9H2,1H3,(H,25,26)(H,23,27,29)/b12-7+. The lowest BCUT2D eigenvalue weighted by Gasteiger charge is -2.27. The van der Waals surface area contributed by atoms with Crippen LogP contribution in [-0.2, 0) is 14.4 Å². The SMILES string of the molecule is Cc1c(Cl)cccc1N1C(=O)NC(=O)/C(=C\c2ccc(OCC(=O)O)c(Br)c2)C1=O. The summed E-state index contributed by atoms with van der Waals surface area (Å²) in [5.74, 6) is -2.47. The van der Waals surface area contributed by atoms with E-state index in [2.05, 4.69) is 21.2 Å². The molecule has 0 atom stereocenters. The van der Waals surface area contributed by atoms with E-state index in [9.17, 15) is 19.2 Å². The van der Waals surface area contributed by atoms with Crippen LogP contribution in [0.3, 0.4) is 0 Å². The molecule has 1 aliphatic heterocycles. The maximum absolute atomic E-state index is 13.0. The molecule has 0 aromatic heterocycles. The number of hydrogen-bond acceptors (Lipinski definition) is 5. The average molecular weight is 494 g/mol. The molecule has 0 bridgehead atoms. The predicted octanol–water partition coefficient (Wildman–Crippen LogP) is 3.54. The molecule has 4 amide bonds. The number of carboxylic acid groups (broad SMARTS) is 1. The van der Waals surface area contributed by atoms with Crippen LogP contribution in [0.25, 0.3) is 6.08 Å². The molecule has 0 unspecified atom stereocenters. The van der Waals surface area contributed by atoms with Gasteiger partial charge >= 0.3 is 12.0 Å². The molecule has 2 aromatic rings. The number of anilines is 1. The van der Waals surface area contributed by atoms with Gasteiger partial charge in [-0.05, 0) is 64.3 Å². The molecule has 2 N–H and O–H groups in total. The molecule has 1 aliphatic rings. The number of urea groups is 1. The second kappa shape index (κ2) is 8.68. The van der Waals surface area contributed by atoms with Crippen LogP contribution >= 0.6 is 27.5 Å². The first kappa shape index (κ1) is 21.5. The predicted molar refractivity (Wildman–Crippen MR) is 112 cm³/mol. The van der Waals surface area contributed by atoms with Crippen molar-refractivity contribution in [3.63, 3.8) is 0 Å². The Balaban J connectivity index is 1.96. The Hall–Kier alpha value is -3.17. The lowest BCUT2D eigenvalue weighted by Crippen LogP contribution is -2.54. The van der Waals surface area contributed by atoms with Crippen molar-refractivity contribution in [1.29, 1.82) is 0 Å². The summed E-state index contributed by atoms with van der Waals surface area (Å²) < 4.78 is 5.55. The largest absolute Gasteiger partial charge is 0.481 e. The topological polar surface area (TPSA) is 113 Å². The van der Waals surface area contributed by atoms with Crippen LogP contribution in [0, 0.1) is 6.92 Å². The molecule has 30 heavy (non-hydrogen) atoms. The Morgan fingerprint density at radius 2 is 2.00 bits per heavy atom. The number of imide groups is 2. The Kier molecular flexibility index (Phi) is 6.23. The molecule has 1 fully saturated rings. The van der Waals surface area contributed by atoms with E-state index in [4.69, 9.17) is 21.4 Å². The number of amides is 4. The summed E-state index contributed by atoms with van der Waals surface area (Å²) in [4.78, 5) is 49.1. The number of nitrogens with zero attached hydrogens (tertiary/aromatic N) is 1. The number of barbiturate groups is 1. The smallest absolute Gasteiger partial charge is 0.341 e. The molecular formula is C20H14BrClN2O6. The number of hydrogen-bond donors (Lipinski definition) is 2. The van der Waals surface area contributed by atoms with Crippen molar-refractivity contribution in [1.82, 2.24) is 5.32 Å². The van der Waals surface area contributed by atoms with Crippen LogP contribution in [-0.4, -0.2) is 35.5 Å². The van der Waals surface area contributed by atoms with Crippen molar-refractivity contribution < 1.29 is 29.0 Å². The molecule has 0 spiro atoms. The molecule has 10 heteroatoms. The Labute approximate surface area is 184 Å². The van der Waals surface area contributed by atoms with Gasteiger partial charge in [0.15, 0.2) is 6.61 Å². The number of carbonyl (C=O) groups excluding carboxylic acids is 3. The lowest BCUT2D eigenvalue weighted by atomic mass is 10.1. The van der Waals surface area contributed by atoms with Crippen molar-refractivity contribution in [2.75, 3.05) is 11.5 Å². The fraction of sp³-hybridized carbons (Fsp3) is 0.100. The van der Waals surface area contributed by atoms with E-state index in [0.29, 0.717) is 20.6 Å². The molecule has 0 radical (unpaired) electrons. The van der Waals surface area contributed by atoms with Gasteiger partial charge < -0.3 is 9.84 Å². The van der Waals surface area contributed by atoms with E-state index in [0.717, 1.165) is 4.90 Å². The summed E-state index contributed by atoms with van der Waals surface area (Å²) in [5.41, 5.74) is 0.987. The van der Waals surface area contributed by atoms with Gasteiger partial charge in [-0.15, -0.1) is 0 Å². The van der Waals surface area contributed by atoms with Gasteiger partial charge in [0.1, 0.15) is 11.3 Å². The Morgan fingerprint density at radius 1 is 1.27 bits per heavy atom. The number of rotatable bonds is 5. The van der Waals surface area contributed by atoms with Gasteiger partial charge in [0.05, 0.1) is 10.2 Å². The monoisotopic (exact) mass is 492 g/mol. The van der Waals surface area contributed by atoms with E-state index in [1.54, 1.807) is 37.3 Å². The number of aliphatic carboxylic acids is 1. The highest BCUT2D eigenvalue weighted by Crippen LogP contribution is 2.31. The fourth-order valence-electron chi connectivity index (χ4n) is 2.74. The molecular weight excluding hydrogens is 480 g/mol. The highest BCUT2D eigenvalue weighted by atomic mass is 79.9. The third-order valence-electron chi connectivity index (χ3n) is 4.20. The zero-order chi connectivity index (χ0) is 22.0. The molecule has 2 aromatic carbocycles. The highest BCUT2D eigenvalue weighted by molar-refractivity contribution is 9.10. The quantitative estimate of drug-likeness (QED) is 0.487. The van der Waals surface area contributed by atoms with Crippen LogP contribution < -0.4 is 15.0 Å². The average Bonchev–Trinajstić information content (AvgIpc) is 2.67. The molecule has 1 heterocycles. The molecule has 0 saturated carbocycles. The van der Waals surface area contributed by atoms with Gasteiger partial charge in [0.25, 0.3) is 11.8 Å². The van der Waals surface area contributed by atoms with Crippen LogP contribution in [0.4, 0.5) is 10.5 Å². The second-order valence-corrected chi connectivity index (χ2v) is 7.48. The van der Waals surface area contributed by atoms with Crippen molar-refractivity contribution in [3.05, 3.63) is 62.6 Å². The minimum Gasteiger partial charge on any atom is -0.481 e. The number of carbonyl (C=O) groups is 4. The summed E-state index contributed by atoms with van der Waals surface area (Å²) in [6, 6.07) is 8.49. The first-order chi connectivity index (χ1) is 14.2. The number of halogens is 2. The summed E-state index contributed by atoms with van der Waals surface area (Å²) in [6.45, 7) is 1.14. The van der Waals surface area contributed by atoms with Gasteiger partial charge in [0.2, 0.25) is 0 Å². The van der Waals surface area contributed by atoms with Crippen molar-refractivity contribution in [3.8, 4) is 5.75 Å². The van der Waals surface area contributed by atoms with Gasteiger partial charge in [-0.25, -0.2) is 14.5 Å². The van der Waals surface area contributed by atoms with Crippen molar-refractivity contribution in [2.45, 2.75) is 6.92 Å². The first-order valence-electron chi connectivity index (χ1n) is 8.49. The summed E-state index contributed by atoms with van der Waals surface area (Å²) in [5, 5.41) is 11.2. The maximum atomic E-state index is 13.0. The van der Waals surface area contributed by atoms with Crippen molar-refractivity contribution >= 4 is 63.1 Å². The molecule has 8 nitrogen and oxygen atoms in total. The summed E-state index contributed by atoms with van der Waals surface area (Å²) >= 11 is 9.35. The number of carboxylic acids is 1. The lowest BCUT2D eigenvalue weighted by molar-refractivity contribution is -0.139. The summed E-state index contributed by atoms with van der Waals surface area (Å²) in [6.07, 6.45) is 1.32. The minimum absolute atomic E-state index is 0.250. The molecule has 1 saturated heterocycles. The third kappa shape index (κ3) is 4.37. The van der Waals surface area contributed by atoms with Gasteiger partial charge in [-0.1, -0.05) is 23.7 Å². The Morgan fingerprint density at radius 3 is 2.67 bits per heavy atom. The molecule has 0 aliphatic carbocycles. The molecule has 3 rings (SSSR count). The van der Waals surface area contributed by atoms with Crippen molar-refractivity contribution in [2.24, 2.45) is 0 Å². The van der Waals surface area contributed by atoms with Gasteiger partial charge in [-0.2, -0.15) is 0 Å². The highest BCUT2D eigenvalue weighted by Gasteiger charge is 2.37. The van der Waals surface area contributed by atoms with Gasteiger partial charge in [0, 0.05) is 5.02 Å². The van der Waals surface area contributed by atoms with E-state index in [-0.39, 0.29) is 17.0 Å². The maximum Gasteiger partial charge on any atom is 0.341 e. The number of benzene rings is 2. The van der Waals surface area contributed by atoms with Crippen LogP contribution in [0.5, 0.6) is 5.75 Å². The zero-order valence-corrected chi connectivity index (χ0v) is 17.8. The fourth-order valence-corrected chi connectivity index (χ4v) is 3.43. The zero-order valence-electron chi connectivity index (χ0n) is 15.4. The third-order valence-corrected chi connectivity index (χ3v) is 5.23. The second-order valence-electron chi connectivity index (χ2n) is 6.21. The van der Waals surface area contributed by atoms with Crippen LogP contribution in [0.2, 0.25) is 5.02 Å². The Bertz CT molecular complexity index is 1110. The van der Waals surface area contributed by atoms with E-state index in [1.165, 1.54) is 12.1 Å². The number of nitrogens with one attached hydrogen (secondary N) is 1. The van der Waals surface area contributed by atoms with E-state index in [1.807, 2.05) is 0 Å². The number of ether oxygens (including phenoxy) is 1. The van der Waals surface area contributed by atoms with Gasteiger partial charge in [-0.3, -0.25) is 14.9 Å². The van der Waals surface area contributed by atoms with Crippen LogP contribution in [0.1, 0.15) is 11.1 Å². The van der Waals surface area contributed by atoms with Crippen LogP contribution in [0.15, 0.2) is 46.4 Å². The molecule has 154 valence electrons. The normalized spacial score (nSPS) is 15.4. The van der Waals surface area contributed by atoms with E-state index >= 15 is 0 Å².